The average molecular weight is 275 g/mol. The lowest BCUT2D eigenvalue weighted by Gasteiger charge is -2.35. The van der Waals surface area contributed by atoms with Crippen molar-refractivity contribution in [3.8, 4) is 5.75 Å². The van der Waals surface area contributed by atoms with Crippen LogP contribution in [0.5, 0.6) is 5.75 Å². The lowest BCUT2D eigenvalue weighted by molar-refractivity contribution is -0.125. The van der Waals surface area contributed by atoms with Crippen LogP contribution in [0, 0.1) is 0 Å². The second-order valence-corrected chi connectivity index (χ2v) is 5.42. The van der Waals surface area contributed by atoms with Gasteiger partial charge in [-0.3, -0.25) is 9.59 Å². The fourth-order valence-electron chi connectivity index (χ4n) is 2.44. The molecule has 0 N–H and O–H groups in total. The number of nitrogens with zero attached hydrogens (tertiary/aromatic N) is 1. The summed E-state index contributed by atoms with van der Waals surface area (Å²) >= 11 is 0. The van der Waals surface area contributed by atoms with E-state index in [1.54, 1.807) is 30.0 Å². The molecule has 0 fully saturated rings. The summed E-state index contributed by atoms with van der Waals surface area (Å²) in [6, 6.07) is 5.37. The largest absolute Gasteiger partial charge is 0.479 e. The van der Waals surface area contributed by atoms with Crippen LogP contribution in [0.15, 0.2) is 18.2 Å². The van der Waals surface area contributed by atoms with E-state index in [4.69, 9.17) is 4.74 Å². The standard InChI is InChI=1S/C16H21NO3/c1-5-6-14(18)12-7-8-15-13(9-12)17(10(2)3)16(19)11(4)20-15/h7-11H,5-6H2,1-4H3. The van der Waals surface area contributed by atoms with Crippen LogP contribution in [0.25, 0.3) is 0 Å². The van der Waals surface area contributed by atoms with E-state index >= 15 is 0 Å². The van der Waals surface area contributed by atoms with Gasteiger partial charge in [0.1, 0.15) is 5.75 Å². The first-order valence-corrected chi connectivity index (χ1v) is 7.12. The second-order valence-electron chi connectivity index (χ2n) is 5.42. The zero-order valence-corrected chi connectivity index (χ0v) is 12.5. The number of ketones is 1. The van der Waals surface area contributed by atoms with Gasteiger partial charge in [0.15, 0.2) is 11.9 Å². The Labute approximate surface area is 119 Å². The van der Waals surface area contributed by atoms with Gasteiger partial charge in [-0.15, -0.1) is 0 Å². The van der Waals surface area contributed by atoms with Gasteiger partial charge in [-0.25, -0.2) is 0 Å². The Morgan fingerprint density at radius 1 is 1.40 bits per heavy atom. The maximum atomic E-state index is 12.3. The van der Waals surface area contributed by atoms with Crippen molar-refractivity contribution in [1.29, 1.82) is 0 Å². The van der Waals surface area contributed by atoms with Crippen LogP contribution < -0.4 is 9.64 Å². The lowest BCUT2D eigenvalue weighted by Crippen LogP contribution is -2.47. The van der Waals surface area contributed by atoms with Crippen molar-refractivity contribution in [1.82, 2.24) is 0 Å². The minimum atomic E-state index is -0.484. The van der Waals surface area contributed by atoms with Crippen LogP contribution >= 0.6 is 0 Å². The molecule has 0 aromatic heterocycles. The Kier molecular flexibility index (Phi) is 4.12. The molecule has 108 valence electrons. The summed E-state index contributed by atoms with van der Waals surface area (Å²) < 4.78 is 5.62. The summed E-state index contributed by atoms with van der Waals surface area (Å²) in [6.45, 7) is 7.64. The number of fused-ring (bicyclic) bond motifs is 1. The van der Waals surface area contributed by atoms with Crippen LogP contribution in [-0.2, 0) is 4.79 Å². The van der Waals surface area contributed by atoms with Gasteiger partial charge in [0.05, 0.1) is 5.69 Å². The Bertz CT molecular complexity index is 537. The lowest BCUT2D eigenvalue weighted by atomic mass is 10.0. The number of carbonyl (C=O) groups is 2. The van der Waals surface area contributed by atoms with Crippen molar-refractivity contribution in [2.24, 2.45) is 0 Å². The van der Waals surface area contributed by atoms with Crippen LogP contribution in [0.2, 0.25) is 0 Å². The summed E-state index contributed by atoms with van der Waals surface area (Å²) in [5.74, 6) is 0.705. The second kappa shape index (κ2) is 5.65. The molecule has 0 aliphatic carbocycles. The first-order chi connectivity index (χ1) is 9.45. The summed E-state index contributed by atoms with van der Waals surface area (Å²) in [5.41, 5.74) is 1.34. The molecule has 1 aromatic rings. The van der Waals surface area contributed by atoms with E-state index in [1.165, 1.54) is 0 Å². The molecule has 0 bridgehead atoms. The van der Waals surface area contributed by atoms with Gasteiger partial charge in [-0.2, -0.15) is 0 Å². The van der Waals surface area contributed by atoms with Crippen molar-refractivity contribution in [2.45, 2.75) is 52.7 Å². The molecule has 0 saturated carbocycles. The van der Waals surface area contributed by atoms with Crippen molar-refractivity contribution in [3.05, 3.63) is 23.8 Å². The number of anilines is 1. The van der Waals surface area contributed by atoms with E-state index in [2.05, 4.69) is 0 Å². The van der Waals surface area contributed by atoms with Crippen molar-refractivity contribution in [2.75, 3.05) is 4.90 Å². The van der Waals surface area contributed by atoms with Gasteiger partial charge in [-0.1, -0.05) is 6.92 Å². The summed E-state index contributed by atoms with van der Waals surface area (Å²) in [7, 11) is 0. The van der Waals surface area contributed by atoms with E-state index in [9.17, 15) is 9.59 Å². The van der Waals surface area contributed by atoms with Gasteiger partial charge >= 0.3 is 0 Å². The number of hydrogen-bond acceptors (Lipinski definition) is 3. The molecule has 1 aliphatic heterocycles. The van der Waals surface area contributed by atoms with Gasteiger partial charge in [0.25, 0.3) is 5.91 Å². The number of Topliss-reactive ketones (excluding diaryl/α,β-unsaturated/α-hetero) is 1. The molecule has 1 amide bonds. The van der Waals surface area contributed by atoms with E-state index in [0.29, 0.717) is 23.4 Å². The highest BCUT2D eigenvalue weighted by molar-refractivity contribution is 6.03. The first-order valence-electron chi connectivity index (χ1n) is 7.12. The predicted octanol–water partition coefficient (Wildman–Crippen LogP) is 3.19. The van der Waals surface area contributed by atoms with Crippen LogP contribution in [0.3, 0.4) is 0 Å². The molecule has 0 radical (unpaired) electrons. The average Bonchev–Trinajstić information content (AvgIpc) is 2.39. The van der Waals surface area contributed by atoms with Gasteiger partial charge in [0, 0.05) is 18.0 Å². The zero-order chi connectivity index (χ0) is 14.9. The topological polar surface area (TPSA) is 46.6 Å². The van der Waals surface area contributed by atoms with E-state index in [1.807, 2.05) is 20.8 Å². The van der Waals surface area contributed by atoms with E-state index in [-0.39, 0.29) is 17.7 Å². The molecule has 4 nitrogen and oxygen atoms in total. The number of hydrogen-bond donors (Lipinski definition) is 0. The van der Waals surface area contributed by atoms with E-state index in [0.717, 1.165) is 6.42 Å². The van der Waals surface area contributed by atoms with Crippen molar-refractivity contribution in [3.63, 3.8) is 0 Å². The first kappa shape index (κ1) is 14.6. The molecule has 1 heterocycles. The number of amides is 1. The fourth-order valence-corrected chi connectivity index (χ4v) is 2.44. The summed E-state index contributed by atoms with van der Waals surface area (Å²) in [4.78, 5) is 26.0. The highest BCUT2D eigenvalue weighted by atomic mass is 16.5. The predicted molar refractivity (Wildman–Crippen MR) is 78.4 cm³/mol. The highest BCUT2D eigenvalue weighted by Crippen LogP contribution is 2.36. The third-order valence-corrected chi connectivity index (χ3v) is 3.42. The number of carbonyl (C=O) groups excluding carboxylic acids is 2. The third-order valence-electron chi connectivity index (χ3n) is 3.42. The molecular formula is C16H21NO3. The third kappa shape index (κ3) is 2.55. The SMILES string of the molecule is CCCC(=O)c1ccc2c(c1)N(C(C)C)C(=O)C(C)O2. The summed E-state index contributed by atoms with van der Waals surface area (Å²) in [6.07, 6.45) is 0.851. The Hall–Kier alpha value is -1.84. The quantitative estimate of drug-likeness (QED) is 0.793. The Morgan fingerprint density at radius 3 is 2.70 bits per heavy atom. The van der Waals surface area contributed by atoms with Crippen LogP contribution in [-0.4, -0.2) is 23.8 Å². The normalized spacial score (nSPS) is 17.9. The highest BCUT2D eigenvalue weighted by Gasteiger charge is 2.33. The van der Waals surface area contributed by atoms with Crippen molar-refractivity contribution >= 4 is 17.4 Å². The zero-order valence-electron chi connectivity index (χ0n) is 12.5. The van der Waals surface area contributed by atoms with Crippen molar-refractivity contribution < 1.29 is 14.3 Å². The molecule has 1 unspecified atom stereocenters. The van der Waals surface area contributed by atoms with Crippen LogP contribution in [0.1, 0.15) is 50.9 Å². The number of ether oxygens (including phenoxy) is 1. The molecule has 1 aromatic carbocycles. The molecule has 1 aliphatic rings. The number of benzene rings is 1. The molecule has 0 saturated heterocycles. The smallest absolute Gasteiger partial charge is 0.268 e. The minimum Gasteiger partial charge on any atom is -0.479 e. The minimum absolute atomic E-state index is 0.0316. The molecule has 2 rings (SSSR count). The van der Waals surface area contributed by atoms with Gasteiger partial charge < -0.3 is 9.64 Å². The fraction of sp³-hybridized carbons (Fsp3) is 0.500. The molecule has 4 heteroatoms. The summed E-state index contributed by atoms with van der Waals surface area (Å²) in [5, 5.41) is 0. The molecular weight excluding hydrogens is 254 g/mol. The van der Waals surface area contributed by atoms with Gasteiger partial charge in [0.2, 0.25) is 0 Å². The Morgan fingerprint density at radius 2 is 2.10 bits per heavy atom. The van der Waals surface area contributed by atoms with E-state index < -0.39 is 6.10 Å². The molecule has 0 spiro atoms. The maximum Gasteiger partial charge on any atom is 0.268 e. The number of rotatable bonds is 4. The maximum absolute atomic E-state index is 12.3. The molecule has 1 atom stereocenters. The molecule has 20 heavy (non-hydrogen) atoms. The van der Waals surface area contributed by atoms with Crippen LogP contribution in [0.4, 0.5) is 5.69 Å². The monoisotopic (exact) mass is 275 g/mol. The van der Waals surface area contributed by atoms with Gasteiger partial charge in [-0.05, 0) is 45.4 Å². The Balaban J connectivity index is 2.45.